The molecule has 0 saturated carbocycles. The molecule has 0 bridgehead atoms. The number of nitrogens with zero attached hydrogens (tertiary/aromatic N) is 2. The molecular formula is C12H19N3O2S. The third-order valence-electron chi connectivity index (χ3n) is 3.21. The summed E-state index contributed by atoms with van der Waals surface area (Å²) in [6.45, 7) is 4.44. The summed E-state index contributed by atoms with van der Waals surface area (Å²) in [5.74, 6) is -0.237. The third-order valence-corrected chi connectivity index (χ3v) is 4.78. The van der Waals surface area contributed by atoms with Gasteiger partial charge in [-0.25, -0.2) is 4.79 Å². The first-order chi connectivity index (χ1) is 8.60. The van der Waals surface area contributed by atoms with Gasteiger partial charge >= 0.3 is 6.03 Å². The van der Waals surface area contributed by atoms with Gasteiger partial charge in [-0.3, -0.25) is 20.0 Å². The summed E-state index contributed by atoms with van der Waals surface area (Å²) in [5.41, 5.74) is -0.241. The molecule has 2 heterocycles. The number of aliphatic imine (C=N–C) groups is 1. The lowest BCUT2D eigenvalue weighted by Gasteiger charge is -2.27. The maximum Gasteiger partial charge on any atom is 0.326 e. The van der Waals surface area contributed by atoms with Crippen LogP contribution in [0.15, 0.2) is 4.99 Å². The molecule has 0 aromatic rings. The largest absolute Gasteiger partial charge is 0.326 e. The van der Waals surface area contributed by atoms with E-state index < -0.39 is 0 Å². The Morgan fingerprint density at radius 3 is 2.61 bits per heavy atom. The topological polar surface area (TPSA) is 61.8 Å². The van der Waals surface area contributed by atoms with E-state index in [1.807, 2.05) is 6.21 Å². The van der Waals surface area contributed by atoms with Gasteiger partial charge in [-0.1, -0.05) is 26.7 Å². The number of urea groups is 1. The maximum atomic E-state index is 11.6. The molecule has 1 saturated heterocycles. The molecule has 18 heavy (non-hydrogen) atoms. The molecular weight excluding hydrogens is 250 g/mol. The fraction of sp³-hybridized carbons (Fsp3) is 0.750. The minimum Gasteiger partial charge on any atom is -0.284 e. The highest BCUT2D eigenvalue weighted by Gasteiger charge is 2.42. The van der Waals surface area contributed by atoms with Gasteiger partial charge in [-0.2, -0.15) is 0 Å². The van der Waals surface area contributed by atoms with Crippen molar-refractivity contribution in [2.75, 3.05) is 6.54 Å². The molecule has 5 nitrogen and oxygen atoms in total. The molecule has 0 aliphatic carbocycles. The van der Waals surface area contributed by atoms with E-state index in [1.165, 1.54) is 4.90 Å². The van der Waals surface area contributed by atoms with E-state index in [0.717, 1.165) is 25.7 Å². The fourth-order valence-corrected chi connectivity index (χ4v) is 4.07. The Kier molecular flexibility index (Phi) is 3.94. The highest BCUT2D eigenvalue weighted by atomic mass is 32.2. The van der Waals surface area contributed by atoms with E-state index in [4.69, 9.17) is 0 Å². The first kappa shape index (κ1) is 13.4. The van der Waals surface area contributed by atoms with Crippen LogP contribution in [-0.4, -0.2) is 39.8 Å². The molecule has 2 aliphatic rings. The van der Waals surface area contributed by atoms with Crippen molar-refractivity contribution in [3.8, 4) is 0 Å². The van der Waals surface area contributed by atoms with Crippen LogP contribution in [0.25, 0.3) is 0 Å². The van der Waals surface area contributed by atoms with E-state index in [2.05, 4.69) is 24.2 Å². The molecule has 1 atom stereocenters. The van der Waals surface area contributed by atoms with Crippen molar-refractivity contribution >= 4 is 29.9 Å². The first-order valence-corrected chi connectivity index (χ1v) is 7.31. The number of imide groups is 1. The van der Waals surface area contributed by atoms with Crippen molar-refractivity contribution in [2.24, 2.45) is 4.99 Å². The van der Waals surface area contributed by atoms with E-state index in [-0.39, 0.29) is 28.7 Å². The lowest BCUT2D eigenvalue weighted by atomic mass is 9.99. The summed E-state index contributed by atoms with van der Waals surface area (Å²) in [5, 5.41) is 2.30. The van der Waals surface area contributed by atoms with Crippen molar-refractivity contribution in [2.45, 2.75) is 49.8 Å². The van der Waals surface area contributed by atoms with Gasteiger partial charge in [0.1, 0.15) is 6.54 Å². The second-order valence-corrected chi connectivity index (χ2v) is 6.24. The molecule has 6 heteroatoms. The zero-order valence-corrected chi connectivity index (χ0v) is 11.6. The molecule has 1 fully saturated rings. The lowest BCUT2D eigenvalue weighted by Crippen LogP contribution is -2.35. The molecule has 2 rings (SSSR count). The van der Waals surface area contributed by atoms with Crippen LogP contribution in [0.4, 0.5) is 4.79 Å². The number of thioether (sulfide) groups is 1. The predicted molar refractivity (Wildman–Crippen MR) is 72.7 cm³/mol. The summed E-state index contributed by atoms with van der Waals surface area (Å²) in [4.78, 5) is 28.8. The summed E-state index contributed by atoms with van der Waals surface area (Å²) in [7, 11) is 0. The minimum absolute atomic E-state index is 0.0418. The molecule has 0 spiro atoms. The van der Waals surface area contributed by atoms with Gasteiger partial charge in [-0.15, -0.1) is 11.8 Å². The summed E-state index contributed by atoms with van der Waals surface area (Å²) in [6, 6.07) is -0.321. The number of rotatable bonds is 5. The Labute approximate surface area is 111 Å². The monoisotopic (exact) mass is 269 g/mol. The Balaban J connectivity index is 2.05. The number of hydrogen-bond acceptors (Lipinski definition) is 4. The van der Waals surface area contributed by atoms with Gasteiger partial charge in [0.2, 0.25) is 5.91 Å². The molecule has 3 amide bonds. The highest BCUT2D eigenvalue weighted by molar-refractivity contribution is 8.02. The van der Waals surface area contributed by atoms with Gasteiger partial charge in [-0.05, 0) is 12.8 Å². The van der Waals surface area contributed by atoms with Crippen LogP contribution >= 0.6 is 11.8 Å². The van der Waals surface area contributed by atoms with Gasteiger partial charge in [0.15, 0.2) is 5.50 Å². The Bertz CT molecular complexity index is 378. The smallest absolute Gasteiger partial charge is 0.284 e. The van der Waals surface area contributed by atoms with E-state index in [1.54, 1.807) is 11.8 Å². The van der Waals surface area contributed by atoms with Crippen molar-refractivity contribution < 1.29 is 9.59 Å². The number of amides is 3. The van der Waals surface area contributed by atoms with Gasteiger partial charge in [0, 0.05) is 6.21 Å². The van der Waals surface area contributed by atoms with Gasteiger partial charge < -0.3 is 0 Å². The first-order valence-electron chi connectivity index (χ1n) is 6.43. The van der Waals surface area contributed by atoms with Crippen LogP contribution in [0.3, 0.4) is 0 Å². The number of carbonyl (C=O) groups is 2. The fourth-order valence-electron chi connectivity index (χ4n) is 2.47. The number of carbonyl (C=O) groups excluding carboxylic acids is 2. The van der Waals surface area contributed by atoms with Crippen molar-refractivity contribution in [1.82, 2.24) is 10.2 Å². The Morgan fingerprint density at radius 2 is 2.11 bits per heavy atom. The lowest BCUT2D eigenvalue weighted by molar-refractivity contribution is -0.118. The number of nitrogens with one attached hydrogen (secondary N) is 1. The van der Waals surface area contributed by atoms with Gasteiger partial charge in [0.05, 0.1) is 4.75 Å². The van der Waals surface area contributed by atoms with E-state index in [0.29, 0.717) is 0 Å². The molecule has 2 aliphatic heterocycles. The molecule has 0 aromatic carbocycles. The normalized spacial score (nSPS) is 25.9. The van der Waals surface area contributed by atoms with Crippen LogP contribution < -0.4 is 5.32 Å². The Morgan fingerprint density at radius 1 is 1.44 bits per heavy atom. The van der Waals surface area contributed by atoms with Crippen LogP contribution in [0.2, 0.25) is 0 Å². The SMILES string of the molecule is CCCC1(CCC)C=NC(N2CC(=O)NC2=O)S1. The van der Waals surface area contributed by atoms with Crippen molar-refractivity contribution in [3.63, 3.8) is 0 Å². The minimum atomic E-state index is -0.321. The van der Waals surface area contributed by atoms with E-state index in [9.17, 15) is 9.59 Å². The van der Waals surface area contributed by atoms with Crippen LogP contribution in [0.1, 0.15) is 39.5 Å². The Hall–Kier alpha value is -1.04. The molecule has 1 N–H and O–H groups in total. The van der Waals surface area contributed by atoms with Crippen molar-refractivity contribution in [3.05, 3.63) is 0 Å². The van der Waals surface area contributed by atoms with Crippen molar-refractivity contribution in [1.29, 1.82) is 0 Å². The molecule has 0 aromatic heterocycles. The maximum absolute atomic E-state index is 11.6. The van der Waals surface area contributed by atoms with Crippen LogP contribution in [-0.2, 0) is 4.79 Å². The summed E-state index contributed by atoms with van der Waals surface area (Å²) >= 11 is 1.70. The summed E-state index contributed by atoms with van der Waals surface area (Å²) in [6.07, 6.45) is 6.31. The van der Waals surface area contributed by atoms with E-state index >= 15 is 0 Å². The molecule has 0 radical (unpaired) electrons. The van der Waals surface area contributed by atoms with Crippen LogP contribution in [0, 0.1) is 0 Å². The zero-order valence-electron chi connectivity index (χ0n) is 10.8. The van der Waals surface area contributed by atoms with Gasteiger partial charge in [0.25, 0.3) is 0 Å². The highest BCUT2D eigenvalue weighted by Crippen LogP contribution is 2.42. The third kappa shape index (κ3) is 2.53. The predicted octanol–water partition coefficient (Wildman–Crippen LogP) is 1.98. The number of hydrogen-bond donors (Lipinski definition) is 1. The average Bonchev–Trinajstić information content (AvgIpc) is 2.84. The quantitative estimate of drug-likeness (QED) is 0.776. The molecule has 1 unspecified atom stereocenters. The zero-order chi connectivity index (χ0) is 13.2. The second kappa shape index (κ2) is 5.30. The van der Waals surface area contributed by atoms with Crippen LogP contribution in [0.5, 0.6) is 0 Å². The molecule has 100 valence electrons. The second-order valence-electron chi connectivity index (χ2n) is 4.77. The average molecular weight is 269 g/mol. The summed E-state index contributed by atoms with van der Waals surface area (Å²) < 4.78 is 0.0418. The standard InChI is InChI=1S/C12H19N3O2S/c1-3-5-12(6-4-2)8-13-11(18-12)15-7-9(16)14-10(15)17/h8,11H,3-7H2,1-2H3,(H,14,16,17).